The van der Waals surface area contributed by atoms with Crippen LogP contribution >= 0.6 is 15.9 Å². The SMILES string of the molecule is CC(C)CNCC(CCOc1cccc(Br)c1)CC(C)C. The zero-order valence-electron chi connectivity index (χ0n) is 13.9. The van der Waals surface area contributed by atoms with E-state index < -0.39 is 0 Å². The molecule has 2 nitrogen and oxygen atoms in total. The van der Waals surface area contributed by atoms with Crippen molar-refractivity contribution in [2.45, 2.75) is 40.5 Å². The Morgan fingerprint density at radius 3 is 2.48 bits per heavy atom. The molecule has 0 aliphatic rings. The molecule has 3 heteroatoms. The zero-order valence-corrected chi connectivity index (χ0v) is 15.4. The van der Waals surface area contributed by atoms with Crippen molar-refractivity contribution in [3.05, 3.63) is 28.7 Å². The van der Waals surface area contributed by atoms with Gasteiger partial charge in [0.25, 0.3) is 0 Å². The Kier molecular flexibility index (Phi) is 9.02. The van der Waals surface area contributed by atoms with Crippen molar-refractivity contribution in [3.63, 3.8) is 0 Å². The van der Waals surface area contributed by atoms with Crippen LogP contribution in [0.5, 0.6) is 5.75 Å². The van der Waals surface area contributed by atoms with E-state index in [2.05, 4.69) is 48.9 Å². The molecule has 0 spiro atoms. The smallest absolute Gasteiger partial charge is 0.120 e. The van der Waals surface area contributed by atoms with Crippen LogP contribution in [0, 0.1) is 17.8 Å². The van der Waals surface area contributed by atoms with Gasteiger partial charge < -0.3 is 10.1 Å². The number of benzene rings is 1. The van der Waals surface area contributed by atoms with Crippen molar-refractivity contribution in [2.75, 3.05) is 19.7 Å². The molecule has 0 fully saturated rings. The molecule has 0 saturated carbocycles. The summed E-state index contributed by atoms with van der Waals surface area (Å²) < 4.78 is 6.94. The molecule has 1 aromatic rings. The number of halogens is 1. The van der Waals surface area contributed by atoms with Gasteiger partial charge in [0.15, 0.2) is 0 Å². The van der Waals surface area contributed by atoms with Gasteiger partial charge in [-0.1, -0.05) is 49.7 Å². The number of ether oxygens (including phenoxy) is 1. The third kappa shape index (κ3) is 9.15. The summed E-state index contributed by atoms with van der Waals surface area (Å²) in [6.45, 7) is 12.1. The lowest BCUT2D eigenvalue weighted by Gasteiger charge is -2.20. The molecule has 0 aliphatic heterocycles. The van der Waals surface area contributed by atoms with Crippen LogP contribution in [-0.2, 0) is 0 Å². The molecule has 0 amide bonds. The fraction of sp³-hybridized carbons (Fsp3) is 0.667. The Labute approximate surface area is 138 Å². The summed E-state index contributed by atoms with van der Waals surface area (Å²) in [7, 11) is 0. The van der Waals surface area contributed by atoms with E-state index in [1.165, 1.54) is 6.42 Å². The minimum absolute atomic E-state index is 0.691. The van der Waals surface area contributed by atoms with Gasteiger partial charge in [0, 0.05) is 4.47 Å². The van der Waals surface area contributed by atoms with Crippen LogP contribution in [0.1, 0.15) is 40.5 Å². The summed E-state index contributed by atoms with van der Waals surface area (Å²) in [5.74, 6) is 3.09. The number of nitrogens with one attached hydrogen (secondary N) is 1. The summed E-state index contributed by atoms with van der Waals surface area (Å²) in [6.07, 6.45) is 2.36. The third-order valence-corrected chi connectivity index (χ3v) is 3.87. The summed E-state index contributed by atoms with van der Waals surface area (Å²) in [6, 6.07) is 8.06. The Morgan fingerprint density at radius 1 is 1.10 bits per heavy atom. The molecule has 120 valence electrons. The van der Waals surface area contributed by atoms with Crippen molar-refractivity contribution in [3.8, 4) is 5.75 Å². The highest BCUT2D eigenvalue weighted by Crippen LogP contribution is 2.19. The van der Waals surface area contributed by atoms with E-state index in [-0.39, 0.29) is 0 Å². The molecular weight excluding hydrogens is 326 g/mol. The molecule has 0 heterocycles. The van der Waals surface area contributed by atoms with Crippen LogP contribution in [0.3, 0.4) is 0 Å². The van der Waals surface area contributed by atoms with E-state index in [1.54, 1.807) is 0 Å². The molecule has 0 aromatic heterocycles. The van der Waals surface area contributed by atoms with Crippen LogP contribution in [0.4, 0.5) is 0 Å². The quantitative estimate of drug-likeness (QED) is 0.628. The van der Waals surface area contributed by atoms with Crippen molar-refractivity contribution in [1.82, 2.24) is 5.32 Å². The van der Waals surface area contributed by atoms with Gasteiger partial charge in [-0.05, 0) is 61.9 Å². The van der Waals surface area contributed by atoms with Gasteiger partial charge in [-0.25, -0.2) is 0 Å². The molecule has 21 heavy (non-hydrogen) atoms. The summed E-state index contributed by atoms with van der Waals surface area (Å²) >= 11 is 3.47. The van der Waals surface area contributed by atoms with E-state index in [4.69, 9.17) is 4.74 Å². The van der Waals surface area contributed by atoms with Gasteiger partial charge in [0.2, 0.25) is 0 Å². The second kappa shape index (κ2) is 10.2. The normalized spacial score (nSPS) is 12.9. The Bertz CT molecular complexity index is 393. The van der Waals surface area contributed by atoms with Crippen molar-refractivity contribution >= 4 is 15.9 Å². The fourth-order valence-corrected chi connectivity index (χ4v) is 2.82. The maximum absolute atomic E-state index is 5.87. The molecule has 1 rings (SSSR count). The van der Waals surface area contributed by atoms with E-state index in [0.29, 0.717) is 11.8 Å². The van der Waals surface area contributed by atoms with Crippen LogP contribution < -0.4 is 10.1 Å². The Morgan fingerprint density at radius 2 is 1.86 bits per heavy atom. The first-order valence-corrected chi connectivity index (χ1v) is 8.85. The van der Waals surface area contributed by atoms with Gasteiger partial charge in [-0.15, -0.1) is 0 Å². The summed E-state index contributed by atoms with van der Waals surface area (Å²) in [5.41, 5.74) is 0. The molecular formula is C18H30BrNO. The van der Waals surface area contributed by atoms with Crippen LogP contribution in [0.15, 0.2) is 28.7 Å². The van der Waals surface area contributed by atoms with Crippen molar-refractivity contribution in [1.29, 1.82) is 0 Å². The second-order valence-corrected chi connectivity index (χ2v) is 7.56. The number of rotatable bonds is 10. The maximum Gasteiger partial charge on any atom is 0.120 e. The first kappa shape index (κ1) is 18.5. The lowest BCUT2D eigenvalue weighted by molar-refractivity contribution is 0.255. The average Bonchev–Trinajstić information content (AvgIpc) is 2.37. The van der Waals surface area contributed by atoms with Gasteiger partial charge in [0.1, 0.15) is 5.75 Å². The molecule has 0 radical (unpaired) electrons. The topological polar surface area (TPSA) is 21.3 Å². The highest BCUT2D eigenvalue weighted by Gasteiger charge is 2.11. The average molecular weight is 356 g/mol. The predicted octanol–water partition coefficient (Wildman–Crippen LogP) is 5.13. The Balaban J connectivity index is 2.34. The van der Waals surface area contributed by atoms with E-state index in [9.17, 15) is 0 Å². The fourth-order valence-electron chi connectivity index (χ4n) is 2.45. The Hall–Kier alpha value is -0.540. The highest BCUT2D eigenvalue weighted by atomic mass is 79.9. The lowest BCUT2D eigenvalue weighted by atomic mass is 9.94. The first-order chi connectivity index (χ1) is 9.97. The maximum atomic E-state index is 5.87. The van der Waals surface area contributed by atoms with E-state index in [0.717, 1.165) is 42.3 Å². The first-order valence-electron chi connectivity index (χ1n) is 8.06. The molecule has 1 N–H and O–H groups in total. The summed E-state index contributed by atoms with van der Waals surface area (Å²) in [5, 5.41) is 3.59. The lowest BCUT2D eigenvalue weighted by Crippen LogP contribution is -2.28. The number of hydrogen-bond donors (Lipinski definition) is 1. The molecule has 1 unspecified atom stereocenters. The van der Waals surface area contributed by atoms with Gasteiger partial charge in [0.05, 0.1) is 6.61 Å². The molecule has 0 aliphatic carbocycles. The van der Waals surface area contributed by atoms with Gasteiger partial charge in [-0.3, -0.25) is 0 Å². The van der Waals surface area contributed by atoms with Crippen LogP contribution in [0.25, 0.3) is 0 Å². The standard InChI is InChI=1S/C18H30BrNO/c1-14(2)10-16(13-20-12-15(3)4)8-9-21-18-7-5-6-17(19)11-18/h5-7,11,14-16,20H,8-10,12-13H2,1-4H3. The van der Waals surface area contributed by atoms with Gasteiger partial charge in [-0.2, -0.15) is 0 Å². The van der Waals surface area contributed by atoms with Gasteiger partial charge >= 0.3 is 0 Å². The summed E-state index contributed by atoms with van der Waals surface area (Å²) in [4.78, 5) is 0. The van der Waals surface area contributed by atoms with E-state index >= 15 is 0 Å². The van der Waals surface area contributed by atoms with Crippen LogP contribution in [-0.4, -0.2) is 19.7 Å². The van der Waals surface area contributed by atoms with Crippen molar-refractivity contribution < 1.29 is 4.74 Å². The molecule has 0 bridgehead atoms. The number of hydrogen-bond acceptors (Lipinski definition) is 2. The largest absolute Gasteiger partial charge is 0.494 e. The predicted molar refractivity (Wildman–Crippen MR) is 94.9 cm³/mol. The minimum Gasteiger partial charge on any atom is -0.494 e. The van der Waals surface area contributed by atoms with Crippen molar-refractivity contribution in [2.24, 2.45) is 17.8 Å². The second-order valence-electron chi connectivity index (χ2n) is 6.64. The van der Waals surface area contributed by atoms with E-state index in [1.807, 2.05) is 24.3 Å². The van der Waals surface area contributed by atoms with Crippen LogP contribution in [0.2, 0.25) is 0 Å². The third-order valence-electron chi connectivity index (χ3n) is 3.38. The molecule has 1 atom stereocenters. The molecule has 1 aromatic carbocycles. The monoisotopic (exact) mass is 355 g/mol. The zero-order chi connectivity index (χ0) is 15.7. The highest BCUT2D eigenvalue weighted by molar-refractivity contribution is 9.10. The minimum atomic E-state index is 0.691. The molecule has 0 saturated heterocycles.